The van der Waals surface area contributed by atoms with Crippen LogP contribution in [0, 0.1) is 17.6 Å². The fraction of sp³-hybridized carbons (Fsp3) is 0.500. The molecule has 0 saturated carbocycles. The van der Waals surface area contributed by atoms with E-state index >= 15 is 0 Å². The summed E-state index contributed by atoms with van der Waals surface area (Å²) in [6, 6.07) is 1.29. The first kappa shape index (κ1) is 14.7. The van der Waals surface area contributed by atoms with Gasteiger partial charge in [0.2, 0.25) is 0 Å². The van der Waals surface area contributed by atoms with Crippen molar-refractivity contribution in [2.45, 2.75) is 25.9 Å². The van der Waals surface area contributed by atoms with Gasteiger partial charge in [0.1, 0.15) is 22.9 Å². The number of phenols is 1. The van der Waals surface area contributed by atoms with E-state index in [4.69, 9.17) is 0 Å². The normalized spacial score (nSPS) is 20.8. The van der Waals surface area contributed by atoms with Gasteiger partial charge in [-0.1, -0.05) is 0 Å². The summed E-state index contributed by atoms with van der Waals surface area (Å²) in [5.74, 6) is -3.46. The van der Waals surface area contributed by atoms with E-state index in [0.717, 1.165) is 6.42 Å². The van der Waals surface area contributed by atoms with Crippen molar-refractivity contribution >= 4 is 5.91 Å². The van der Waals surface area contributed by atoms with Crippen LogP contribution in [0.3, 0.4) is 0 Å². The maximum Gasteiger partial charge on any atom is 0.260 e. The van der Waals surface area contributed by atoms with E-state index in [1.165, 1.54) is 4.90 Å². The Hall–Kier alpha value is -1.69. The van der Waals surface area contributed by atoms with E-state index in [9.17, 15) is 23.8 Å². The van der Waals surface area contributed by atoms with Crippen molar-refractivity contribution < 1.29 is 23.8 Å². The van der Waals surface area contributed by atoms with Crippen LogP contribution in [-0.2, 0) is 0 Å². The summed E-state index contributed by atoms with van der Waals surface area (Å²) in [4.78, 5) is 13.6. The Bertz CT molecular complexity index is 496. The smallest absolute Gasteiger partial charge is 0.260 e. The predicted octanol–water partition coefficient (Wildman–Crippen LogP) is 1.90. The summed E-state index contributed by atoms with van der Waals surface area (Å²) in [5.41, 5.74) is -0.516. The van der Waals surface area contributed by atoms with Gasteiger partial charge in [-0.05, 0) is 19.8 Å². The number of halogens is 2. The van der Waals surface area contributed by atoms with Crippen molar-refractivity contribution in [2.24, 2.45) is 5.92 Å². The molecule has 1 aromatic carbocycles. The molecule has 1 aliphatic rings. The van der Waals surface area contributed by atoms with E-state index in [-0.39, 0.29) is 5.92 Å². The second-order valence-corrected chi connectivity index (χ2v) is 5.18. The Morgan fingerprint density at radius 2 is 2.15 bits per heavy atom. The highest BCUT2D eigenvalue weighted by molar-refractivity contribution is 5.97. The Balaban J connectivity index is 2.23. The van der Waals surface area contributed by atoms with Gasteiger partial charge in [0, 0.05) is 31.1 Å². The Morgan fingerprint density at radius 3 is 2.75 bits per heavy atom. The molecular formula is C14H17F2NO3. The van der Waals surface area contributed by atoms with Crippen molar-refractivity contribution in [1.82, 2.24) is 4.90 Å². The van der Waals surface area contributed by atoms with Gasteiger partial charge < -0.3 is 15.1 Å². The lowest BCUT2D eigenvalue weighted by atomic mass is 9.93. The zero-order valence-electron chi connectivity index (χ0n) is 11.1. The van der Waals surface area contributed by atoms with Crippen molar-refractivity contribution in [3.05, 3.63) is 29.3 Å². The van der Waals surface area contributed by atoms with E-state index in [0.29, 0.717) is 31.6 Å². The Morgan fingerprint density at radius 1 is 1.45 bits per heavy atom. The summed E-state index contributed by atoms with van der Waals surface area (Å²) in [6.07, 6.45) is 0.932. The van der Waals surface area contributed by atoms with Gasteiger partial charge in [0.25, 0.3) is 5.91 Å². The highest BCUT2D eigenvalue weighted by Crippen LogP contribution is 2.27. The third kappa shape index (κ3) is 2.90. The zero-order valence-corrected chi connectivity index (χ0v) is 11.1. The number of aliphatic hydroxyl groups is 1. The molecule has 2 rings (SSSR count). The fourth-order valence-electron chi connectivity index (χ4n) is 2.52. The molecule has 20 heavy (non-hydrogen) atoms. The Labute approximate surface area is 115 Å². The number of carbonyl (C=O) groups is 1. The summed E-state index contributed by atoms with van der Waals surface area (Å²) < 4.78 is 26.6. The quantitative estimate of drug-likeness (QED) is 0.872. The fourth-order valence-corrected chi connectivity index (χ4v) is 2.52. The molecule has 1 amide bonds. The molecular weight excluding hydrogens is 268 g/mol. The molecule has 1 saturated heterocycles. The average molecular weight is 285 g/mol. The largest absolute Gasteiger partial charge is 0.507 e. The number of piperidine rings is 1. The number of carbonyl (C=O) groups excluding carboxylic acids is 1. The van der Waals surface area contributed by atoms with Crippen LogP contribution in [0.15, 0.2) is 12.1 Å². The van der Waals surface area contributed by atoms with E-state index in [2.05, 4.69) is 0 Å². The van der Waals surface area contributed by atoms with Crippen LogP contribution in [-0.4, -0.2) is 40.2 Å². The minimum Gasteiger partial charge on any atom is -0.507 e. The molecule has 2 atom stereocenters. The lowest BCUT2D eigenvalue weighted by molar-refractivity contribution is 0.0460. The van der Waals surface area contributed by atoms with E-state index in [1.54, 1.807) is 6.92 Å². The standard InChI is InChI=1S/C14H17F2NO3/c1-8(18)9-3-2-4-17(7-9)14(20)13-11(16)5-10(15)6-12(13)19/h5-6,8-9,18-19H,2-4,7H2,1H3. The predicted molar refractivity (Wildman–Crippen MR) is 68.3 cm³/mol. The summed E-state index contributed by atoms with van der Waals surface area (Å²) in [6.45, 7) is 2.37. The highest BCUT2D eigenvalue weighted by atomic mass is 19.1. The molecule has 1 aromatic rings. The first-order valence-electron chi connectivity index (χ1n) is 6.55. The lowest BCUT2D eigenvalue weighted by Crippen LogP contribution is -2.43. The van der Waals surface area contributed by atoms with Gasteiger partial charge in [0.05, 0.1) is 6.10 Å². The van der Waals surface area contributed by atoms with E-state index < -0.39 is 35.0 Å². The van der Waals surface area contributed by atoms with Crippen LogP contribution in [0.5, 0.6) is 5.75 Å². The van der Waals surface area contributed by atoms with Crippen molar-refractivity contribution in [3.8, 4) is 5.75 Å². The molecule has 1 aliphatic heterocycles. The molecule has 6 heteroatoms. The number of likely N-dealkylation sites (tertiary alicyclic amines) is 1. The minimum atomic E-state index is -1.08. The van der Waals surface area contributed by atoms with Gasteiger partial charge in [-0.2, -0.15) is 0 Å². The number of aliphatic hydroxyl groups excluding tert-OH is 1. The number of rotatable bonds is 2. The SMILES string of the molecule is CC(O)C1CCCN(C(=O)c2c(O)cc(F)cc2F)C1. The molecule has 0 aromatic heterocycles. The molecule has 110 valence electrons. The van der Waals surface area contributed by atoms with Crippen LogP contribution in [0.2, 0.25) is 0 Å². The van der Waals surface area contributed by atoms with Crippen LogP contribution >= 0.6 is 0 Å². The van der Waals surface area contributed by atoms with Crippen LogP contribution in [0.1, 0.15) is 30.1 Å². The first-order valence-corrected chi connectivity index (χ1v) is 6.55. The molecule has 4 nitrogen and oxygen atoms in total. The number of hydrogen-bond acceptors (Lipinski definition) is 3. The van der Waals surface area contributed by atoms with Crippen molar-refractivity contribution in [1.29, 1.82) is 0 Å². The van der Waals surface area contributed by atoms with Crippen LogP contribution in [0.4, 0.5) is 8.78 Å². The van der Waals surface area contributed by atoms with Gasteiger partial charge >= 0.3 is 0 Å². The number of phenolic OH excluding ortho intramolecular Hbond substituents is 1. The topological polar surface area (TPSA) is 60.8 Å². The minimum absolute atomic E-state index is 0.0710. The van der Waals surface area contributed by atoms with Gasteiger partial charge in [-0.25, -0.2) is 8.78 Å². The first-order chi connectivity index (χ1) is 9.40. The zero-order chi connectivity index (χ0) is 14.9. The van der Waals surface area contributed by atoms with Crippen LogP contribution in [0.25, 0.3) is 0 Å². The Kier molecular flexibility index (Phi) is 4.23. The van der Waals surface area contributed by atoms with Gasteiger partial charge in [-0.15, -0.1) is 0 Å². The maximum absolute atomic E-state index is 13.7. The summed E-state index contributed by atoms with van der Waals surface area (Å²) in [5, 5.41) is 19.2. The number of amides is 1. The maximum atomic E-state index is 13.7. The molecule has 0 bridgehead atoms. The molecule has 0 radical (unpaired) electrons. The number of nitrogens with zero attached hydrogens (tertiary/aromatic N) is 1. The number of benzene rings is 1. The van der Waals surface area contributed by atoms with Crippen molar-refractivity contribution in [3.63, 3.8) is 0 Å². The monoisotopic (exact) mass is 285 g/mol. The number of aromatic hydroxyl groups is 1. The van der Waals surface area contributed by atoms with Crippen LogP contribution < -0.4 is 0 Å². The highest BCUT2D eigenvalue weighted by Gasteiger charge is 2.30. The van der Waals surface area contributed by atoms with E-state index in [1.807, 2.05) is 0 Å². The van der Waals surface area contributed by atoms with Crippen molar-refractivity contribution in [2.75, 3.05) is 13.1 Å². The summed E-state index contributed by atoms with van der Waals surface area (Å²) in [7, 11) is 0. The number of hydrogen-bond donors (Lipinski definition) is 2. The molecule has 0 spiro atoms. The third-order valence-electron chi connectivity index (χ3n) is 3.68. The average Bonchev–Trinajstić information content (AvgIpc) is 2.37. The van der Waals surface area contributed by atoms with Gasteiger partial charge in [0.15, 0.2) is 0 Å². The third-order valence-corrected chi connectivity index (χ3v) is 3.68. The molecule has 0 aliphatic carbocycles. The second kappa shape index (κ2) is 5.75. The molecule has 1 fully saturated rings. The lowest BCUT2D eigenvalue weighted by Gasteiger charge is -2.34. The van der Waals surface area contributed by atoms with Gasteiger partial charge in [-0.3, -0.25) is 4.79 Å². The molecule has 2 N–H and O–H groups in total. The second-order valence-electron chi connectivity index (χ2n) is 5.18. The molecule has 2 unspecified atom stereocenters. The molecule has 1 heterocycles. The summed E-state index contributed by atoms with van der Waals surface area (Å²) >= 11 is 0.